The number of rotatable bonds is 7. The average Bonchev–Trinajstić information content (AvgIpc) is 3.21. The van der Waals surface area contributed by atoms with Crippen LogP contribution >= 0.6 is 23.4 Å². The van der Waals surface area contributed by atoms with Crippen LogP contribution in [0.3, 0.4) is 0 Å². The lowest BCUT2D eigenvalue weighted by Crippen LogP contribution is -2.23. The number of nitrogens with one attached hydrogen (secondary N) is 1. The van der Waals surface area contributed by atoms with Crippen molar-refractivity contribution in [3.05, 3.63) is 58.1 Å². The fraction of sp³-hybridized carbons (Fsp3) is 0.250. The smallest absolute Gasteiger partial charge is 0.418 e. The highest BCUT2D eigenvalue weighted by Gasteiger charge is 2.34. The number of hydrogen-bond acceptors (Lipinski definition) is 7. The topological polar surface area (TPSA) is 99.0 Å². The van der Waals surface area contributed by atoms with Crippen LogP contribution < -0.4 is 5.32 Å². The Kier molecular flexibility index (Phi) is 7.59. The third-order valence-electron chi connectivity index (χ3n) is 4.30. The number of hydrogen-bond donors (Lipinski definition) is 1. The minimum absolute atomic E-state index is 0.224. The number of amides is 1. The summed E-state index contributed by atoms with van der Waals surface area (Å²) in [5.74, 6) is -1.97. The Morgan fingerprint density at radius 3 is 2.70 bits per heavy atom. The molecule has 8 nitrogen and oxygen atoms in total. The Labute approximate surface area is 195 Å². The van der Waals surface area contributed by atoms with E-state index in [9.17, 15) is 22.8 Å². The number of alkyl halides is 3. The van der Waals surface area contributed by atoms with Gasteiger partial charge in [-0.1, -0.05) is 41.6 Å². The molecular weight excluding hydrogens is 483 g/mol. The lowest BCUT2D eigenvalue weighted by atomic mass is 10.1. The van der Waals surface area contributed by atoms with Gasteiger partial charge in [-0.15, -0.1) is 5.10 Å². The molecule has 33 heavy (non-hydrogen) atoms. The van der Waals surface area contributed by atoms with Crippen molar-refractivity contribution < 1.29 is 27.5 Å². The van der Waals surface area contributed by atoms with Gasteiger partial charge in [-0.2, -0.15) is 17.9 Å². The zero-order valence-corrected chi connectivity index (χ0v) is 18.9. The van der Waals surface area contributed by atoms with E-state index < -0.39 is 35.9 Å². The van der Waals surface area contributed by atoms with Crippen molar-refractivity contribution in [1.82, 2.24) is 20.2 Å². The largest absolute Gasteiger partial charge is 0.455 e. The van der Waals surface area contributed by atoms with Gasteiger partial charge in [-0.3, -0.25) is 9.59 Å². The molecule has 1 N–H and O–H groups in total. The van der Waals surface area contributed by atoms with Gasteiger partial charge >= 0.3 is 12.1 Å². The molecule has 0 saturated carbocycles. The molecule has 0 saturated heterocycles. The number of nitrogens with zero attached hydrogens (tertiary/aromatic N) is 4. The van der Waals surface area contributed by atoms with Gasteiger partial charge in [0.15, 0.2) is 6.61 Å². The van der Waals surface area contributed by atoms with E-state index in [2.05, 4.69) is 15.5 Å². The predicted molar refractivity (Wildman–Crippen MR) is 115 cm³/mol. The Bertz CT molecular complexity index is 1190. The Morgan fingerprint density at radius 2 is 1.97 bits per heavy atom. The third kappa shape index (κ3) is 6.23. The predicted octanol–water partition coefficient (Wildman–Crippen LogP) is 4.23. The molecule has 3 aromatic rings. The van der Waals surface area contributed by atoms with E-state index in [4.69, 9.17) is 16.3 Å². The second-order valence-electron chi connectivity index (χ2n) is 6.82. The average molecular weight is 500 g/mol. The summed E-state index contributed by atoms with van der Waals surface area (Å²) in [6.45, 7) is 3.02. The number of para-hydroxylation sites is 1. The number of aryl methyl sites for hydroxylation is 2. The van der Waals surface area contributed by atoms with Gasteiger partial charge in [-0.25, -0.2) is 0 Å². The van der Waals surface area contributed by atoms with Crippen LogP contribution in [0.5, 0.6) is 0 Å². The number of halogens is 4. The highest BCUT2D eigenvalue weighted by atomic mass is 35.5. The van der Waals surface area contributed by atoms with Gasteiger partial charge in [0.25, 0.3) is 5.91 Å². The monoisotopic (exact) mass is 499 g/mol. The summed E-state index contributed by atoms with van der Waals surface area (Å²) in [5, 5.41) is 13.5. The first-order valence-electron chi connectivity index (χ1n) is 9.36. The van der Waals surface area contributed by atoms with Crippen molar-refractivity contribution in [3.63, 3.8) is 0 Å². The van der Waals surface area contributed by atoms with Crippen LogP contribution in [0.15, 0.2) is 41.6 Å². The summed E-state index contributed by atoms with van der Waals surface area (Å²) in [6.07, 6.45) is -4.72. The lowest BCUT2D eigenvalue weighted by molar-refractivity contribution is -0.144. The van der Waals surface area contributed by atoms with E-state index in [1.807, 2.05) is 37.4 Å². The van der Waals surface area contributed by atoms with Crippen LogP contribution in [0.4, 0.5) is 18.9 Å². The standard InChI is InChI=1S/C20H17ClF3N5O3S/c1-11-6-7-12(2)15(8-11)29-19(26-27-28-29)33-10-17(31)32-9-16(30)25-18-13(20(22,23)24)4-3-5-14(18)21/h3-8H,9-10H2,1-2H3,(H,25,30). The van der Waals surface area contributed by atoms with E-state index >= 15 is 0 Å². The lowest BCUT2D eigenvalue weighted by Gasteiger charge is -2.15. The SMILES string of the molecule is Cc1ccc(C)c(-n2nnnc2SCC(=O)OCC(=O)Nc2c(Cl)cccc2C(F)(F)F)c1. The molecule has 1 heterocycles. The minimum atomic E-state index is -4.72. The number of tetrazole rings is 1. The van der Waals surface area contributed by atoms with Crippen LogP contribution in [0.1, 0.15) is 16.7 Å². The number of esters is 1. The molecule has 0 spiro atoms. The van der Waals surface area contributed by atoms with Crippen molar-refractivity contribution in [2.24, 2.45) is 0 Å². The molecule has 174 valence electrons. The summed E-state index contributed by atoms with van der Waals surface area (Å²) in [4.78, 5) is 24.1. The molecule has 0 bridgehead atoms. The number of anilines is 1. The molecule has 2 aromatic carbocycles. The maximum atomic E-state index is 13.1. The van der Waals surface area contributed by atoms with Gasteiger partial charge in [-0.05, 0) is 53.6 Å². The van der Waals surface area contributed by atoms with Crippen LogP contribution in [-0.2, 0) is 20.5 Å². The molecule has 0 atom stereocenters. The van der Waals surface area contributed by atoms with Crippen molar-refractivity contribution in [1.29, 1.82) is 0 Å². The van der Waals surface area contributed by atoms with Crippen LogP contribution in [0, 0.1) is 13.8 Å². The quantitative estimate of drug-likeness (QED) is 0.383. The Morgan fingerprint density at radius 1 is 1.21 bits per heavy atom. The van der Waals surface area contributed by atoms with E-state index in [0.29, 0.717) is 5.16 Å². The van der Waals surface area contributed by atoms with Crippen molar-refractivity contribution in [3.8, 4) is 5.69 Å². The number of carbonyl (C=O) groups excluding carboxylic acids is 2. The first kappa shape index (κ1) is 24.5. The molecule has 0 unspecified atom stereocenters. The van der Waals surface area contributed by atoms with Crippen molar-refractivity contribution in [2.45, 2.75) is 25.2 Å². The molecule has 0 radical (unpaired) electrons. The van der Waals surface area contributed by atoms with E-state index in [1.165, 1.54) is 10.7 Å². The molecule has 0 aliphatic heterocycles. The molecular formula is C20H17ClF3N5O3S. The number of carbonyl (C=O) groups is 2. The molecule has 1 aromatic heterocycles. The minimum Gasteiger partial charge on any atom is -0.455 e. The van der Waals surface area contributed by atoms with Gasteiger partial charge in [0.05, 0.1) is 27.7 Å². The van der Waals surface area contributed by atoms with Crippen LogP contribution in [0.25, 0.3) is 5.69 Å². The summed E-state index contributed by atoms with van der Waals surface area (Å²) in [7, 11) is 0. The van der Waals surface area contributed by atoms with Gasteiger partial charge < -0.3 is 10.1 Å². The number of aromatic nitrogens is 4. The normalized spacial score (nSPS) is 11.3. The second-order valence-corrected chi connectivity index (χ2v) is 8.17. The fourth-order valence-electron chi connectivity index (χ4n) is 2.74. The third-order valence-corrected chi connectivity index (χ3v) is 5.51. The number of thioether (sulfide) groups is 1. The maximum Gasteiger partial charge on any atom is 0.418 e. The molecule has 3 rings (SSSR count). The van der Waals surface area contributed by atoms with Crippen LogP contribution in [-0.4, -0.2) is 44.4 Å². The molecule has 0 aliphatic carbocycles. The fourth-order valence-corrected chi connectivity index (χ4v) is 3.65. The Hall–Kier alpha value is -3.12. The Balaban J connectivity index is 1.57. The zero-order chi connectivity index (χ0) is 24.2. The van der Waals surface area contributed by atoms with E-state index in [0.717, 1.165) is 40.7 Å². The molecule has 1 amide bonds. The van der Waals surface area contributed by atoms with E-state index in [1.54, 1.807) is 0 Å². The summed E-state index contributed by atoms with van der Waals surface area (Å²) < 4.78 is 45.7. The van der Waals surface area contributed by atoms with Crippen LogP contribution in [0.2, 0.25) is 5.02 Å². The molecule has 0 aliphatic rings. The van der Waals surface area contributed by atoms with Crippen molar-refractivity contribution in [2.75, 3.05) is 17.7 Å². The van der Waals surface area contributed by atoms with Gasteiger partial charge in [0.2, 0.25) is 5.16 Å². The number of ether oxygens (including phenoxy) is 1. The first-order valence-corrected chi connectivity index (χ1v) is 10.7. The van der Waals surface area contributed by atoms with Crippen molar-refractivity contribution >= 4 is 40.9 Å². The molecule has 13 heteroatoms. The highest BCUT2D eigenvalue weighted by molar-refractivity contribution is 7.99. The van der Waals surface area contributed by atoms with Gasteiger partial charge in [0, 0.05) is 0 Å². The maximum absolute atomic E-state index is 13.1. The second kappa shape index (κ2) is 10.2. The zero-order valence-electron chi connectivity index (χ0n) is 17.3. The summed E-state index contributed by atoms with van der Waals surface area (Å²) >= 11 is 6.77. The number of benzene rings is 2. The summed E-state index contributed by atoms with van der Waals surface area (Å²) in [5.41, 5.74) is 0.959. The summed E-state index contributed by atoms with van der Waals surface area (Å²) in [6, 6.07) is 8.85. The van der Waals surface area contributed by atoms with E-state index in [-0.39, 0.29) is 10.8 Å². The van der Waals surface area contributed by atoms with Gasteiger partial charge in [0.1, 0.15) is 0 Å². The highest BCUT2D eigenvalue weighted by Crippen LogP contribution is 2.38. The molecule has 0 fully saturated rings. The first-order chi connectivity index (χ1) is 15.6.